The van der Waals surface area contributed by atoms with E-state index < -0.39 is 0 Å². The molecule has 0 amide bonds. The van der Waals surface area contributed by atoms with Crippen LogP contribution in [-0.2, 0) is 19.1 Å². The van der Waals surface area contributed by atoms with Crippen molar-refractivity contribution in [2.24, 2.45) is 5.92 Å². The van der Waals surface area contributed by atoms with Crippen molar-refractivity contribution in [3.8, 4) is 0 Å². The number of esters is 2. The second kappa shape index (κ2) is 47.4. The lowest BCUT2D eigenvalue weighted by Crippen LogP contribution is -2.28. The zero-order valence-electron chi connectivity index (χ0n) is 41.9. The molecule has 0 aromatic heterocycles. The van der Waals surface area contributed by atoms with Crippen molar-refractivity contribution < 1.29 is 19.1 Å². The van der Waals surface area contributed by atoms with Gasteiger partial charge in [-0.2, -0.15) is 0 Å². The fraction of sp³-hybridized carbons (Fsp3) is 0.964. The Hall–Kier alpha value is -1.10. The van der Waals surface area contributed by atoms with Crippen molar-refractivity contribution in [1.29, 1.82) is 0 Å². The van der Waals surface area contributed by atoms with Gasteiger partial charge in [-0.3, -0.25) is 9.59 Å². The van der Waals surface area contributed by atoms with Gasteiger partial charge in [-0.1, -0.05) is 208 Å². The van der Waals surface area contributed by atoms with Gasteiger partial charge in [-0.25, -0.2) is 0 Å². The Morgan fingerprint density at radius 2 is 0.600 bits per heavy atom. The van der Waals surface area contributed by atoms with E-state index in [1.54, 1.807) is 0 Å². The first kappa shape index (κ1) is 58.9. The number of unbranched alkanes of at least 4 members (excludes halogenated alkanes) is 28. The minimum atomic E-state index is 0.0444. The molecule has 0 atom stereocenters. The molecule has 0 aliphatic heterocycles. The summed E-state index contributed by atoms with van der Waals surface area (Å²) in [5.74, 6) is 0.824. The molecule has 0 saturated heterocycles. The lowest BCUT2D eigenvalue weighted by molar-refractivity contribution is -0.151. The van der Waals surface area contributed by atoms with Gasteiger partial charge in [0.25, 0.3) is 0 Å². The zero-order valence-corrected chi connectivity index (χ0v) is 41.9. The van der Waals surface area contributed by atoms with Gasteiger partial charge in [-0.15, -0.1) is 0 Å². The van der Waals surface area contributed by atoms with Crippen LogP contribution in [0.3, 0.4) is 0 Å². The predicted molar refractivity (Wildman–Crippen MR) is 263 cm³/mol. The maximum absolute atomic E-state index is 12.8. The minimum Gasteiger partial charge on any atom is -0.462 e. The van der Waals surface area contributed by atoms with Crippen LogP contribution in [0.1, 0.15) is 305 Å². The maximum atomic E-state index is 12.8. The van der Waals surface area contributed by atoms with Gasteiger partial charge in [0.05, 0.1) is 0 Å². The number of nitrogens with zero attached hydrogens (tertiary/aromatic N) is 1. The zero-order chi connectivity index (χ0) is 44.0. The van der Waals surface area contributed by atoms with Gasteiger partial charge in [0.15, 0.2) is 0 Å². The summed E-state index contributed by atoms with van der Waals surface area (Å²) in [5, 5.41) is 0. The second-order valence-corrected chi connectivity index (χ2v) is 19.5. The Labute approximate surface area is 377 Å². The number of carbonyl (C=O) groups excluding carboxylic acids is 2. The molecule has 5 nitrogen and oxygen atoms in total. The second-order valence-electron chi connectivity index (χ2n) is 19.5. The fourth-order valence-electron chi connectivity index (χ4n) is 8.67. The van der Waals surface area contributed by atoms with E-state index >= 15 is 0 Å². The summed E-state index contributed by atoms with van der Waals surface area (Å²) in [6, 6.07) is 0. The molecule has 0 aliphatic rings. The van der Waals surface area contributed by atoms with E-state index in [0.717, 1.165) is 57.3 Å². The van der Waals surface area contributed by atoms with E-state index in [0.29, 0.717) is 12.8 Å². The fourth-order valence-corrected chi connectivity index (χ4v) is 8.67. The summed E-state index contributed by atoms with van der Waals surface area (Å²) in [7, 11) is 0. The molecule has 0 heterocycles. The molecule has 0 unspecified atom stereocenters. The highest BCUT2D eigenvalue weighted by molar-refractivity contribution is 5.69. The van der Waals surface area contributed by atoms with Crippen LogP contribution in [0, 0.1) is 5.92 Å². The van der Waals surface area contributed by atoms with Crippen molar-refractivity contribution in [3.63, 3.8) is 0 Å². The van der Waals surface area contributed by atoms with Crippen LogP contribution < -0.4 is 0 Å². The van der Waals surface area contributed by atoms with Crippen molar-refractivity contribution >= 4 is 11.9 Å². The van der Waals surface area contributed by atoms with Gasteiger partial charge >= 0.3 is 11.9 Å². The number of ether oxygens (including phenoxy) is 2. The molecule has 0 spiro atoms. The van der Waals surface area contributed by atoms with Gasteiger partial charge in [0.2, 0.25) is 0 Å². The Balaban J connectivity index is 4.37. The molecule has 358 valence electrons. The highest BCUT2D eigenvalue weighted by atomic mass is 16.5. The Bertz CT molecular complexity index is 781. The highest BCUT2D eigenvalue weighted by Gasteiger charge is 2.16. The summed E-state index contributed by atoms with van der Waals surface area (Å²) < 4.78 is 12.2. The third-order valence-electron chi connectivity index (χ3n) is 12.8. The van der Waals surface area contributed by atoms with Crippen LogP contribution in [0.25, 0.3) is 0 Å². The number of carbonyl (C=O) groups is 2. The molecular formula is C55H109NO4. The van der Waals surface area contributed by atoms with Gasteiger partial charge in [0, 0.05) is 12.8 Å². The van der Waals surface area contributed by atoms with E-state index in [1.165, 1.54) is 219 Å². The Kier molecular flexibility index (Phi) is 46.5. The van der Waals surface area contributed by atoms with Gasteiger partial charge < -0.3 is 14.4 Å². The van der Waals surface area contributed by atoms with E-state index in [2.05, 4.69) is 46.4 Å². The number of hydrogen-bond acceptors (Lipinski definition) is 5. The molecule has 0 aromatic carbocycles. The largest absolute Gasteiger partial charge is 0.462 e. The van der Waals surface area contributed by atoms with Crippen LogP contribution in [0.15, 0.2) is 0 Å². The highest BCUT2D eigenvalue weighted by Crippen LogP contribution is 2.20. The van der Waals surface area contributed by atoms with Crippen LogP contribution in [0.2, 0.25) is 0 Å². The molecule has 60 heavy (non-hydrogen) atoms. The number of hydrogen-bond donors (Lipinski definition) is 0. The van der Waals surface area contributed by atoms with Crippen LogP contribution in [-0.4, -0.2) is 48.7 Å². The molecular weight excluding hydrogens is 739 g/mol. The quantitative estimate of drug-likeness (QED) is 0.0451. The Morgan fingerprint density at radius 1 is 0.333 bits per heavy atom. The third kappa shape index (κ3) is 43.5. The number of rotatable bonds is 49. The molecule has 0 N–H and O–H groups in total. The smallest absolute Gasteiger partial charge is 0.306 e. The van der Waals surface area contributed by atoms with E-state index in [-0.39, 0.29) is 24.1 Å². The van der Waals surface area contributed by atoms with Crippen LogP contribution in [0.5, 0.6) is 0 Å². The summed E-state index contributed by atoms with van der Waals surface area (Å²) in [6.45, 7) is 17.4. The normalized spacial score (nSPS) is 11.8. The lowest BCUT2D eigenvalue weighted by atomic mass is 10.0. The molecule has 0 radical (unpaired) electrons. The first-order valence-corrected chi connectivity index (χ1v) is 27.5. The van der Waals surface area contributed by atoms with Crippen molar-refractivity contribution in [2.75, 3.05) is 19.6 Å². The predicted octanol–water partition coefficient (Wildman–Crippen LogP) is 17.8. The molecule has 0 rings (SSSR count). The summed E-state index contributed by atoms with van der Waals surface area (Å²) in [6.07, 6.45) is 49.6. The molecule has 0 aliphatic carbocycles. The first-order chi connectivity index (χ1) is 29.4. The first-order valence-electron chi connectivity index (χ1n) is 27.5. The standard InChI is InChI=1S/C55H109NO4/c1-7-11-15-19-25-33-41-52(42-34-26-20-16-12-8-2)59-54(57)45-37-29-23-31-39-48-56(50-47-51(5)6)49-40-32-24-30-38-46-55(58)60-53(43-35-27-21-17-13-9-3)44-36-28-22-18-14-10-4/h51-53H,7-50H2,1-6H3. The van der Waals surface area contributed by atoms with Crippen LogP contribution in [0.4, 0.5) is 0 Å². The molecule has 0 bridgehead atoms. The molecule has 0 aromatic rings. The van der Waals surface area contributed by atoms with Gasteiger partial charge in [-0.05, 0) is 109 Å². The topological polar surface area (TPSA) is 55.8 Å². The van der Waals surface area contributed by atoms with E-state index in [4.69, 9.17) is 9.47 Å². The van der Waals surface area contributed by atoms with Crippen LogP contribution >= 0.6 is 0 Å². The summed E-state index contributed by atoms with van der Waals surface area (Å²) in [4.78, 5) is 28.4. The average molecular weight is 848 g/mol. The van der Waals surface area contributed by atoms with Crippen molar-refractivity contribution in [3.05, 3.63) is 0 Å². The molecule has 5 heteroatoms. The monoisotopic (exact) mass is 848 g/mol. The SMILES string of the molecule is CCCCCCCCC(CCCCCCCC)OC(=O)CCCCCCCN(CCCCCCCC(=O)OC(CCCCCCCC)CCCCCCCC)CCC(C)C. The van der Waals surface area contributed by atoms with Crippen molar-refractivity contribution in [2.45, 2.75) is 317 Å². The lowest BCUT2D eigenvalue weighted by Gasteiger charge is -2.23. The minimum absolute atomic E-state index is 0.0444. The Morgan fingerprint density at radius 3 is 0.900 bits per heavy atom. The average Bonchev–Trinajstić information content (AvgIpc) is 3.23. The maximum Gasteiger partial charge on any atom is 0.306 e. The van der Waals surface area contributed by atoms with Crippen molar-refractivity contribution in [1.82, 2.24) is 4.90 Å². The van der Waals surface area contributed by atoms with E-state index in [1.807, 2.05) is 0 Å². The molecule has 0 fully saturated rings. The summed E-state index contributed by atoms with van der Waals surface area (Å²) in [5.41, 5.74) is 0. The van der Waals surface area contributed by atoms with E-state index in [9.17, 15) is 9.59 Å². The van der Waals surface area contributed by atoms with Gasteiger partial charge in [0.1, 0.15) is 12.2 Å². The third-order valence-corrected chi connectivity index (χ3v) is 12.8. The summed E-state index contributed by atoms with van der Waals surface area (Å²) >= 11 is 0. The molecule has 0 saturated carbocycles.